The van der Waals surface area contributed by atoms with Crippen molar-refractivity contribution in [2.75, 3.05) is 26.2 Å². The molecule has 0 aromatic rings. The molecule has 0 aliphatic carbocycles. The summed E-state index contributed by atoms with van der Waals surface area (Å²) in [6.07, 6.45) is 2.18. The predicted octanol–water partition coefficient (Wildman–Crippen LogP) is 0.804. The number of nitrogens with zero attached hydrogens (tertiary/aromatic N) is 1. The Balaban J connectivity index is 2.07. The Bertz CT molecular complexity index is 178. The zero-order valence-electron chi connectivity index (χ0n) is 10.8. The third kappa shape index (κ3) is 5.80. The van der Waals surface area contributed by atoms with Crippen molar-refractivity contribution in [3.8, 4) is 0 Å². The number of piperidine rings is 1. The van der Waals surface area contributed by atoms with Crippen molar-refractivity contribution in [3.63, 3.8) is 0 Å². The second-order valence-corrected chi connectivity index (χ2v) is 4.88. The van der Waals surface area contributed by atoms with Crippen molar-refractivity contribution in [3.05, 3.63) is 0 Å². The van der Waals surface area contributed by atoms with Crippen molar-refractivity contribution in [1.29, 1.82) is 0 Å². The van der Waals surface area contributed by atoms with E-state index < -0.39 is 0 Å². The van der Waals surface area contributed by atoms with Gasteiger partial charge in [-0.3, -0.25) is 5.32 Å². The quantitative estimate of drug-likeness (QED) is 0.663. The van der Waals surface area contributed by atoms with Crippen LogP contribution in [0.25, 0.3) is 0 Å². The smallest absolute Gasteiger partial charge is 0.102 e. The maximum Gasteiger partial charge on any atom is 0.102 e. The van der Waals surface area contributed by atoms with Crippen molar-refractivity contribution in [2.45, 2.75) is 52.0 Å². The molecule has 1 atom stereocenters. The van der Waals surface area contributed by atoms with Gasteiger partial charge in [0, 0.05) is 12.6 Å². The van der Waals surface area contributed by atoms with E-state index in [2.05, 4.69) is 24.1 Å². The highest BCUT2D eigenvalue weighted by atomic mass is 16.5. The first-order valence-electron chi connectivity index (χ1n) is 6.36. The van der Waals surface area contributed by atoms with Gasteiger partial charge in [0.25, 0.3) is 0 Å². The average molecular weight is 230 g/mol. The van der Waals surface area contributed by atoms with Crippen LogP contribution in [0.4, 0.5) is 0 Å². The van der Waals surface area contributed by atoms with Crippen LogP contribution in [-0.4, -0.2) is 54.6 Å². The number of nitrogens with one attached hydrogen (secondary N) is 1. The van der Waals surface area contributed by atoms with E-state index in [0.717, 1.165) is 39.1 Å². The lowest BCUT2D eigenvalue weighted by Crippen LogP contribution is -2.46. The molecule has 0 aromatic heterocycles. The van der Waals surface area contributed by atoms with E-state index in [1.165, 1.54) is 0 Å². The molecule has 1 aliphatic heterocycles. The normalized spacial score (nSPS) is 21.6. The Morgan fingerprint density at radius 2 is 1.94 bits per heavy atom. The van der Waals surface area contributed by atoms with Crippen LogP contribution < -0.4 is 5.32 Å². The fourth-order valence-electron chi connectivity index (χ4n) is 2.08. The summed E-state index contributed by atoms with van der Waals surface area (Å²) in [5.41, 5.74) is 0. The fraction of sp³-hybridized carbons (Fsp3) is 1.00. The Morgan fingerprint density at radius 3 is 2.44 bits per heavy atom. The van der Waals surface area contributed by atoms with Gasteiger partial charge < -0.3 is 14.7 Å². The van der Waals surface area contributed by atoms with Gasteiger partial charge in [0.05, 0.1) is 12.7 Å². The minimum absolute atomic E-state index is 0.328. The summed E-state index contributed by atoms with van der Waals surface area (Å²) in [7, 11) is 0. The Kier molecular flexibility index (Phi) is 6.28. The largest absolute Gasteiger partial charge is 0.379 e. The van der Waals surface area contributed by atoms with Gasteiger partial charge in [0.1, 0.15) is 6.23 Å². The fourth-order valence-corrected chi connectivity index (χ4v) is 2.08. The highest BCUT2D eigenvalue weighted by Crippen LogP contribution is 2.10. The highest BCUT2D eigenvalue weighted by molar-refractivity contribution is 4.77. The van der Waals surface area contributed by atoms with E-state index in [1.807, 2.05) is 0 Å². The van der Waals surface area contributed by atoms with Crippen LogP contribution >= 0.6 is 0 Å². The van der Waals surface area contributed by atoms with Crippen molar-refractivity contribution < 1.29 is 9.84 Å². The molecule has 1 saturated heterocycles. The van der Waals surface area contributed by atoms with Gasteiger partial charge in [0.2, 0.25) is 0 Å². The molecule has 0 bridgehead atoms. The summed E-state index contributed by atoms with van der Waals surface area (Å²) >= 11 is 0. The van der Waals surface area contributed by atoms with Crippen LogP contribution in [0.15, 0.2) is 0 Å². The van der Waals surface area contributed by atoms with E-state index in [4.69, 9.17) is 4.74 Å². The maximum atomic E-state index is 9.23. The van der Waals surface area contributed by atoms with Gasteiger partial charge in [-0.25, -0.2) is 0 Å². The molecule has 4 heteroatoms. The number of likely N-dealkylation sites (tertiary alicyclic amines) is 1. The first-order chi connectivity index (χ1) is 7.58. The maximum absolute atomic E-state index is 9.23. The van der Waals surface area contributed by atoms with Crippen molar-refractivity contribution >= 4 is 0 Å². The molecule has 0 radical (unpaired) electrons. The monoisotopic (exact) mass is 230 g/mol. The number of hydrogen-bond donors (Lipinski definition) is 2. The molecule has 1 unspecified atom stereocenters. The van der Waals surface area contributed by atoms with Gasteiger partial charge in [-0.2, -0.15) is 0 Å². The zero-order chi connectivity index (χ0) is 12.0. The van der Waals surface area contributed by atoms with E-state index in [9.17, 15) is 5.11 Å². The number of aliphatic hydroxyl groups is 1. The third-order valence-corrected chi connectivity index (χ3v) is 2.92. The summed E-state index contributed by atoms with van der Waals surface area (Å²) in [6, 6.07) is 0.474. The second kappa shape index (κ2) is 7.22. The number of rotatable bonds is 6. The molecule has 4 nitrogen and oxygen atoms in total. The van der Waals surface area contributed by atoms with Gasteiger partial charge >= 0.3 is 0 Å². The Hall–Kier alpha value is -0.160. The van der Waals surface area contributed by atoms with E-state index >= 15 is 0 Å². The third-order valence-electron chi connectivity index (χ3n) is 2.92. The van der Waals surface area contributed by atoms with Gasteiger partial charge in [-0.15, -0.1) is 0 Å². The molecule has 1 rings (SSSR count). The lowest BCUT2D eigenvalue weighted by atomic mass is 10.1. The number of hydrogen-bond acceptors (Lipinski definition) is 4. The molecule has 0 aromatic carbocycles. The molecular weight excluding hydrogens is 204 g/mol. The van der Waals surface area contributed by atoms with E-state index in [-0.39, 0.29) is 6.23 Å². The molecule has 2 N–H and O–H groups in total. The molecule has 1 heterocycles. The van der Waals surface area contributed by atoms with E-state index in [0.29, 0.717) is 12.1 Å². The first-order valence-corrected chi connectivity index (χ1v) is 6.36. The molecule has 96 valence electrons. The standard InChI is InChI=1S/C12H26N2O2/c1-10(2)16-9-8-14-6-4-12(5-7-14)13-11(3)15/h10-13,15H,4-9H2,1-3H3. The van der Waals surface area contributed by atoms with Crippen molar-refractivity contribution in [2.24, 2.45) is 0 Å². The molecule has 1 fully saturated rings. The van der Waals surface area contributed by atoms with Gasteiger partial charge in [0.15, 0.2) is 0 Å². The average Bonchev–Trinajstić information content (AvgIpc) is 2.19. The van der Waals surface area contributed by atoms with Crippen molar-refractivity contribution in [1.82, 2.24) is 10.2 Å². The number of ether oxygens (including phenoxy) is 1. The minimum Gasteiger partial charge on any atom is -0.379 e. The van der Waals surface area contributed by atoms with Crippen LogP contribution in [-0.2, 0) is 4.74 Å². The summed E-state index contributed by atoms with van der Waals surface area (Å²) in [5, 5.41) is 12.4. The Labute approximate surface area is 99.0 Å². The number of aliphatic hydroxyl groups excluding tert-OH is 1. The van der Waals surface area contributed by atoms with Gasteiger partial charge in [-0.1, -0.05) is 0 Å². The summed E-state index contributed by atoms with van der Waals surface area (Å²) < 4.78 is 5.54. The van der Waals surface area contributed by atoms with Crippen LogP contribution in [0.1, 0.15) is 33.6 Å². The van der Waals surface area contributed by atoms with Crippen LogP contribution in [0, 0.1) is 0 Å². The molecule has 0 amide bonds. The zero-order valence-corrected chi connectivity index (χ0v) is 10.8. The molecule has 0 saturated carbocycles. The molecule has 1 aliphatic rings. The molecular formula is C12H26N2O2. The van der Waals surface area contributed by atoms with Gasteiger partial charge in [-0.05, 0) is 46.7 Å². The first kappa shape index (κ1) is 13.9. The molecule has 0 spiro atoms. The summed E-state index contributed by atoms with van der Waals surface area (Å²) in [6.45, 7) is 9.98. The lowest BCUT2D eigenvalue weighted by Gasteiger charge is -2.33. The SMILES string of the molecule is CC(O)NC1CCN(CCOC(C)C)CC1. The van der Waals surface area contributed by atoms with E-state index in [1.54, 1.807) is 6.92 Å². The van der Waals surface area contributed by atoms with Crippen LogP contribution in [0.2, 0.25) is 0 Å². The molecule has 16 heavy (non-hydrogen) atoms. The van der Waals surface area contributed by atoms with Crippen LogP contribution in [0.3, 0.4) is 0 Å². The Morgan fingerprint density at radius 1 is 1.31 bits per heavy atom. The summed E-state index contributed by atoms with van der Waals surface area (Å²) in [5.74, 6) is 0. The highest BCUT2D eigenvalue weighted by Gasteiger charge is 2.19. The van der Waals surface area contributed by atoms with Crippen LogP contribution in [0.5, 0.6) is 0 Å². The second-order valence-electron chi connectivity index (χ2n) is 4.88. The summed E-state index contributed by atoms with van der Waals surface area (Å²) in [4.78, 5) is 2.43. The lowest BCUT2D eigenvalue weighted by molar-refractivity contribution is 0.0488. The topological polar surface area (TPSA) is 44.7 Å². The predicted molar refractivity (Wildman–Crippen MR) is 65.4 cm³/mol. The minimum atomic E-state index is -0.388.